The van der Waals surface area contributed by atoms with Gasteiger partial charge in [-0.3, -0.25) is 0 Å². The van der Waals surface area contributed by atoms with E-state index in [1.165, 1.54) is 15.7 Å². The van der Waals surface area contributed by atoms with Gasteiger partial charge in [0.15, 0.2) is 0 Å². The van der Waals surface area contributed by atoms with Crippen LogP contribution in [0.1, 0.15) is 20.3 Å². The van der Waals surface area contributed by atoms with Gasteiger partial charge in [0, 0.05) is 24.5 Å². The van der Waals surface area contributed by atoms with Gasteiger partial charge in [-0.2, -0.15) is 9.38 Å². The molecule has 21 heavy (non-hydrogen) atoms. The summed E-state index contributed by atoms with van der Waals surface area (Å²) in [6, 6.07) is 0.558. The van der Waals surface area contributed by atoms with Crippen molar-refractivity contribution < 1.29 is 4.92 Å². The van der Waals surface area contributed by atoms with Crippen molar-refractivity contribution in [2.75, 3.05) is 25.0 Å². The zero-order valence-corrected chi connectivity index (χ0v) is 13.0. The summed E-state index contributed by atoms with van der Waals surface area (Å²) in [4.78, 5) is 18.3. The van der Waals surface area contributed by atoms with Gasteiger partial charge in [-0.1, -0.05) is 11.3 Å². The van der Waals surface area contributed by atoms with Crippen molar-refractivity contribution in [1.82, 2.24) is 14.3 Å². The van der Waals surface area contributed by atoms with E-state index >= 15 is 0 Å². The first-order valence-electron chi connectivity index (χ1n) is 7.14. The molecule has 1 atom stereocenters. The minimum Gasteiger partial charge on any atom is -0.363 e. The third-order valence-corrected chi connectivity index (χ3v) is 4.77. The van der Waals surface area contributed by atoms with E-state index in [9.17, 15) is 10.1 Å². The van der Waals surface area contributed by atoms with Crippen molar-refractivity contribution in [1.29, 1.82) is 0 Å². The summed E-state index contributed by atoms with van der Waals surface area (Å²) in [6.45, 7) is 7.27. The second-order valence-electron chi connectivity index (χ2n) is 5.72. The van der Waals surface area contributed by atoms with Crippen LogP contribution in [0.5, 0.6) is 0 Å². The predicted molar refractivity (Wildman–Crippen MR) is 83.0 cm³/mol. The quantitative estimate of drug-likeness (QED) is 0.678. The molecule has 0 aliphatic carbocycles. The Labute approximate surface area is 126 Å². The number of anilines is 1. The standard InChI is InChI=1S/C13H19N5O2S/c1-9(2)16-4-3-10(8-16)7-14-11-12(18(19)20)17-5-6-21-13(17)15-11/h5-6,9-10,14H,3-4,7-8H2,1-2H3. The van der Waals surface area contributed by atoms with Crippen molar-refractivity contribution in [2.45, 2.75) is 26.3 Å². The summed E-state index contributed by atoms with van der Waals surface area (Å²) < 4.78 is 1.53. The first-order chi connectivity index (χ1) is 10.1. The number of rotatable bonds is 5. The summed E-state index contributed by atoms with van der Waals surface area (Å²) in [5.74, 6) is 0.937. The zero-order valence-electron chi connectivity index (χ0n) is 12.2. The number of thiazole rings is 1. The molecule has 114 valence electrons. The Morgan fingerprint density at radius 2 is 2.43 bits per heavy atom. The third kappa shape index (κ3) is 2.73. The summed E-state index contributed by atoms with van der Waals surface area (Å²) in [7, 11) is 0. The lowest BCUT2D eigenvalue weighted by molar-refractivity contribution is -0.389. The van der Waals surface area contributed by atoms with Crippen LogP contribution < -0.4 is 5.32 Å². The third-order valence-electron chi connectivity index (χ3n) is 4.02. The van der Waals surface area contributed by atoms with Crippen LogP contribution in [0.25, 0.3) is 4.96 Å². The molecule has 1 saturated heterocycles. The predicted octanol–water partition coefficient (Wildman–Crippen LogP) is 2.45. The lowest BCUT2D eigenvalue weighted by Crippen LogP contribution is -2.29. The van der Waals surface area contributed by atoms with Gasteiger partial charge in [-0.15, -0.1) is 0 Å². The van der Waals surface area contributed by atoms with E-state index in [0.717, 1.165) is 26.1 Å². The van der Waals surface area contributed by atoms with Gasteiger partial charge in [0.2, 0.25) is 5.82 Å². The highest BCUT2D eigenvalue weighted by molar-refractivity contribution is 7.15. The van der Waals surface area contributed by atoms with Gasteiger partial charge in [0.05, 0.1) is 0 Å². The average Bonchev–Trinajstić information content (AvgIpc) is 3.10. The number of fused-ring (bicyclic) bond motifs is 1. The van der Waals surface area contributed by atoms with Crippen LogP contribution in [0.4, 0.5) is 11.6 Å². The summed E-state index contributed by atoms with van der Waals surface area (Å²) >= 11 is 1.40. The van der Waals surface area contributed by atoms with E-state index in [-0.39, 0.29) is 10.7 Å². The Bertz CT molecular complexity index is 650. The Morgan fingerprint density at radius 3 is 3.10 bits per heavy atom. The van der Waals surface area contributed by atoms with Gasteiger partial charge in [0.1, 0.15) is 6.20 Å². The Kier molecular flexibility index (Phi) is 3.81. The van der Waals surface area contributed by atoms with Crippen molar-refractivity contribution in [3.8, 4) is 0 Å². The van der Waals surface area contributed by atoms with E-state index in [1.807, 2.05) is 0 Å². The summed E-state index contributed by atoms with van der Waals surface area (Å²) in [5.41, 5.74) is 0. The van der Waals surface area contributed by atoms with Gasteiger partial charge in [-0.05, 0) is 37.7 Å². The monoisotopic (exact) mass is 309 g/mol. The number of hydrogen-bond donors (Lipinski definition) is 1. The molecule has 8 heteroatoms. The molecule has 3 heterocycles. The smallest absolute Gasteiger partial charge is 0.363 e. The molecule has 1 unspecified atom stereocenters. The number of nitrogens with zero attached hydrogens (tertiary/aromatic N) is 4. The number of nitro groups is 1. The molecule has 2 aromatic rings. The molecule has 3 rings (SSSR count). The molecule has 1 aliphatic heterocycles. The van der Waals surface area contributed by atoms with Crippen LogP contribution in [0.15, 0.2) is 11.6 Å². The van der Waals surface area contributed by atoms with Gasteiger partial charge in [0.25, 0.3) is 4.96 Å². The second-order valence-corrected chi connectivity index (χ2v) is 6.59. The van der Waals surface area contributed by atoms with Crippen LogP contribution in [0.3, 0.4) is 0 Å². The SMILES string of the molecule is CC(C)N1CCC(CNc2nc3sccn3c2[N+](=O)[O-])C1. The number of likely N-dealkylation sites (tertiary alicyclic amines) is 1. The molecule has 0 radical (unpaired) electrons. The molecule has 2 aromatic heterocycles. The lowest BCUT2D eigenvalue weighted by atomic mass is 10.1. The van der Waals surface area contributed by atoms with Gasteiger partial charge < -0.3 is 20.3 Å². The molecule has 1 aliphatic rings. The molecule has 7 nitrogen and oxygen atoms in total. The number of nitrogens with one attached hydrogen (secondary N) is 1. The fraction of sp³-hybridized carbons (Fsp3) is 0.615. The minimum absolute atomic E-state index is 0.0324. The van der Waals surface area contributed by atoms with E-state index < -0.39 is 0 Å². The highest BCUT2D eigenvalue weighted by Crippen LogP contribution is 2.28. The summed E-state index contributed by atoms with van der Waals surface area (Å²) in [5, 5.41) is 16.2. The van der Waals surface area contributed by atoms with Crippen LogP contribution in [0, 0.1) is 16.0 Å². The number of imidazole rings is 1. The topological polar surface area (TPSA) is 75.7 Å². The molecule has 0 aromatic carbocycles. The Balaban J connectivity index is 1.70. The lowest BCUT2D eigenvalue weighted by Gasteiger charge is -2.20. The fourth-order valence-corrected chi connectivity index (χ4v) is 3.52. The molecule has 1 N–H and O–H groups in total. The molecule has 1 fully saturated rings. The largest absolute Gasteiger partial charge is 0.372 e. The maximum Gasteiger partial charge on any atom is 0.372 e. The zero-order chi connectivity index (χ0) is 15.0. The second kappa shape index (κ2) is 5.61. The minimum atomic E-state index is -0.371. The Hall–Kier alpha value is -1.67. The highest BCUT2D eigenvalue weighted by atomic mass is 32.1. The molecule has 0 amide bonds. The van der Waals surface area contributed by atoms with Crippen molar-refractivity contribution >= 4 is 27.9 Å². The van der Waals surface area contributed by atoms with Crippen LogP contribution in [-0.4, -0.2) is 44.9 Å². The first-order valence-corrected chi connectivity index (χ1v) is 8.02. The maximum absolute atomic E-state index is 11.2. The van der Waals surface area contributed by atoms with E-state index in [4.69, 9.17) is 0 Å². The maximum atomic E-state index is 11.2. The van der Waals surface area contributed by atoms with Crippen LogP contribution >= 0.6 is 11.3 Å². The van der Waals surface area contributed by atoms with Crippen molar-refractivity contribution in [3.63, 3.8) is 0 Å². The summed E-state index contributed by atoms with van der Waals surface area (Å²) in [6.07, 6.45) is 2.81. The molecular weight excluding hydrogens is 290 g/mol. The highest BCUT2D eigenvalue weighted by Gasteiger charge is 2.27. The average molecular weight is 309 g/mol. The normalized spacial score (nSPS) is 19.7. The van der Waals surface area contributed by atoms with Crippen molar-refractivity contribution in [3.05, 3.63) is 21.7 Å². The number of aromatic nitrogens is 2. The molecule has 0 saturated carbocycles. The Morgan fingerprint density at radius 1 is 1.62 bits per heavy atom. The van der Waals surface area contributed by atoms with Crippen molar-refractivity contribution in [2.24, 2.45) is 5.92 Å². The molecular formula is C13H19N5O2S. The van der Waals surface area contributed by atoms with E-state index in [0.29, 0.717) is 22.7 Å². The fourth-order valence-electron chi connectivity index (χ4n) is 2.81. The molecule has 0 bridgehead atoms. The van der Waals surface area contributed by atoms with Crippen LogP contribution in [-0.2, 0) is 0 Å². The van der Waals surface area contributed by atoms with Crippen LogP contribution in [0.2, 0.25) is 0 Å². The van der Waals surface area contributed by atoms with E-state index in [1.54, 1.807) is 11.6 Å². The molecule has 0 spiro atoms. The van der Waals surface area contributed by atoms with Gasteiger partial charge >= 0.3 is 5.82 Å². The first kappa shape index (κ1) is 14.3. The number of hydrogen-bond acceptors (Lipinski definition) is 6. The van der Waals surface area contributed by atoms with Gasteiger partial charge in [-0.25, -0.2) is 0 Å². The van der Waals surface area contributed by atoms with E-state index in [2.05, 4.69) is 29.0 Å².